The van der Waals surface area contributed by atoms with Crippen LogP contribution < -0.4 is 4.74 Å². The molecule has 4 nitrogen and oxygen atoms in total. The van der Waals surface area contributed by atoms with Crippen LogP contribution in [0, 0.1) is 11.2 Å². The van der Waals surface area contributed by atoms with Gasteiger partial charge in [0.15, 0.2) is 0 Å². The average Bonchev–Trinajstić information content (AvgIpc) is 3.65. The minimum absolute atomic E-state index is 0.0140. The first kappa shape index (κ1) is 24.8. The predicted octanol–water partition coefficient (Wildman–Crippen LogP) is 8.00. The lowest BCUT2D eigenvalue weighted by Gasteiger charge is -2.25. The highest BCUT2D eigenvalue weighted by atomic mass is 19.1. The zero-order chi connectivity index (χ0) is 26.2. The maximum atomic E-state index is 14.8. The number of hydrogen-bond acceptors (Lipinski definition) is 3. The lowest BCUT2D eigenvalue weighted by Crippen LogP contribution is -2.10. The molecule has 5 rings (SSSR count). The van der Waals surface area contributed by atoms with Crippen LogP contribution in [0.25, 0.3) is 22.3 Å². The largest absolute Gasteiger partial charge is 0.508 e. The van der Waals surface area contributed by atoms with E-state index in [-0.39, 0.29) is 23.4 Å². The normalized spacial score (nSPS) is 15.9. The van der Waals surface area contributed by atoms with E-state index >= 15 is 0 Å². The van der Waals surface area contributed by atoms with Crippen molar-refractivity contribution in [2.24, 2.45) is 5.41 Å². The van der Waals surface area contributed by atoms with Gasteiger partial charge in [-0.1, -0.05) is 49.8 Å². The van der Waals surface area contributed by atoms with E-state index in [1.807, 2.05) is 36.4 Å². The first-order valence-electron chi connectivity index (χ1n) is 12.7. The van der Waals surface area contributed by atoms with Gasteiger partial charge in [-0.2, -0.15) is 0 Å². The van der Waals surface area contributed by atoms with Crippen LogP contribution in [0.15, 0.2) is 72.3 Å². The van der Waals surface area contributed by atoms with Crippen LogP contribution in [0.4, 0.5) is 4.39 Å². The van der Waals surface area contributed by atoms with E-state index in [0.29, 0.717) is 17.9 Å². The van der Waals surface area contributed by atoms with Crippen molar-refractivity contribution in [2.75, 3.05) is 0 Å². The summed E-state index contributed by atoms with van der Waals surface area (Å²) in [5.74, 6) is -0.511. The fourth-order valence-corrected chi connectivity index (χ4v) is 5.21. The Balaban J connectivity index is 1.45. The number of ether oxygens (including phenoxy) is 1. The number of aromatic hydroxyl groups is 1. The summed E-state index contributed by atoms with van der Waals surface area (Å²) in [7, 11) is 0. The molecule has 0 aromatic heterocycles. The van der Waals surface area contributed by atoms with Gasteiger partial charge in [-0.3, -0.25) is 4.79 Å². The minimum Gasteiger partial charge on any atom is -0.508 e. The van der Waals surface area contributed by atoms with Gasteiger partial charge < -0.3 is 14.9 Å². The van der Waals surface area contributed by atoms with Crippen LogP contribution in [0.5, 0.6) is 11.5 Å². The molecule has 2 aliphatic rings. The van der Waals surface area contributed by atoms with Gasteiger partial charge >= 0.3 is 5.97 Å². The summed E-state index contributed by atoms with van der Waals surface area (Å²) in [6.45, 7) is 4.72. The molecule has 1 fully saturated rings. The lowest BCUT2D eigenvalue weighted by atomic mass is 9.79. The SMILES string of the molecule is CC1(C)CCC=C1c1cc(COc2cccc(C(CC(=O)O)=C3CC3)c2)ccc1-c1cc(O)ccc1F. The molecule has 0 bridgehead atoms. The first-order chi connectivity index (χ1) is 17.7. The number of hydrogen-bond donors (Lipinski definition) is 2. The predicted molar refractivity (Wildman–Crippen MR) is 144 cm³/mol. The quantitative estimate of drug-likeness (QED) is 0.330. The Labute approximate surface area is 216 Å². The summed E-state index contributed by atoms with van der Waals surface area (Å²) in [4.78, 5) is 11.4. The van der Waals surface area contributed by atoms with Crippen LogP contribution in [-0.2, 0) is 11.4 Å². The molecule has 2 N–H and O–H groups in total. The van der Waals surface area contributed by atoms with Crippen molar-refractivity contribution < 1.29 is 24.1 Å². The molecule has 0 unspecified atom stereocenters. The Morgan fingerprint density at radius 1 is 1.00 bits per heavy atom. The molecule has 0 heterocycles. The molecule has 0 atom stereocenters. The fourth-order valence-electron chi connectivity index (χ4n) is 5.21. The number of benzene rings is 3. The molecule has 37 heavy (non-hydrogen) atoms. The maximum Gasteiger partial charge on any atom is 0.307 e. The Hall–Kier alpha value is -3.86. The molecule has 3 aromatic rings. The number of rotatable bonds is 8. The first-order valence-corrected chi connectivity index (χ1v) is 12.7. The average molecular weight is 499 g/mol. The third-order valence-electron chi connectivity index (χ3n) is 7.30. The van der Waals surface area contributed by atoms with Crippen molar-refractivity contribution >= 4 is 17.1 Å². The molecule has 0 aliphatic heterocycles. The van der Waals surface area contributed by atoms with Gasteiger partial charge in [0.1, 0.15) is 23.9 Å². The van der Waals surface area contributed by atoms with Crippen LogP contribution in [0.2, 0.25) is 0 Å². The van der Waals surface area contributed by atoms with Crippen LogP contribution in [0.3, 0.4) is 0 Å². The highest BCUT2D eigenvalue weighted by Gasteiger charge is 2.30. The topological polar surface area (TPSA) is 66.8 Å². The Morgan fingerprint density at radius 3 is 2.51 bits per heavy atom. The second kappa shape index (κ2) is 9.89. The molecule has 190 valence electrons. The number of phenols is 1. The van der Waals surface area contributed by atoms with E-state index in [2.05, 4.69) is 26.0 Å². The van der Waals surface area contributed by atoms with E-state index < -0.39 is 5.97 Å². The summed E-state index contributed by atoms with van der Waals surface area (Å²) in [5, 5.41) is 19.4. The Kier molecular flexibility index (Phi) is 6.63. The number of phenolic OH excluding ortho intramolecular Hbond substituents is 1. The van der Waals surface area contributed by atoms with E-state index in [1.54, 1.807) is 0 Å². The summed E-state index contributed by atoms with van der Waals surface area (Å²) in [5.41, 5.74) is 7.10. The number of carbonyl (C=O) groups is 1. The second-order valence-electron chi connectivity index (χ2n) is 10.6. The number of aliphatic carboxylic acids is 1. The second-order valence-corrected chi connectivity index (χ2v) is 10.6. The standard InChI is InChI=1S/C32H31FO4/c1-32(2)14-4-7-29(32)27-15-20(8-12-25(27)28-17-23(34)11-13-30(28)33)19-37-24-6-3-5-22(16-24)26(18-31(35)36)21-9-10-21/h3,5-8,11-13,15-17,34H,4,9-10,14,18-19H2,1-2H3,(H,35,36). The highest BCUT2D eigenvalue weighted by Crippen LogP contribution is 2.47. The summed E-state index contributed by atoms with van der Waals surface area (Å²) in [6.07, 6.45) is 6.13. The van der Waals surface area contributed by atoms with Gasteiger partial charge in [-0.15, -0.1) is 0 Å². The van der Waals surface area contributed by atoms with Crippen molar-refractivity contribution in [1.29, 1.82) is 0 Å². The molecule has 0 radical (unpaired) electrons. The third kappa shape index (κ3) is 5.46. The summed E-state index contributed by atoms with van der Waals surface area (Å²) < 4.78 is 21.0. The maximum absolute atomic E-state index is 14.8. The van der Waals surface area contributed by atoms with Gasteiger partial charge in [-0.25, -0.2) is 4.39 Å². The molecule has 5 heteroatoms. The molecule has 0 amide bonds. The monoisotopic (exact) mass is 498 g/mol. The molecular formula is C32H31FO4. The van der Waals surface area contributed by atoms with Gasteiger partial charge in [0.25, 0.3) is 0 Å². The zero-order valence-electron chi connectivity index (χ0n) is 21.2. The van der Waals surface area contributed by atoms with Gasteiger partial charge in [0.2, 0.25) is 0 Å². The molecule has 3 aromatic carbocycles. The van der Waals surface area contributed by atoms with Gasteiger partial charge in [0.05, 0.1) is 6.42 Å². The van der Waals surface area contributed by atoms with Crippen molar-refractivity contribution in [3.63, 3.8) is 0 Å². The van der Waals surface area contributed by atoms with E-state index in [4.69, 9.17) is 4.74 Å². The van der Waals surface area contributed by atoms with Crippen molar-refractivity contribution in [2.45, 2.75) is 52.6 Å². The highest BCUT2D eigenvalue weighted by molar-refractivity contribution is 5.87. The summed E-state index contributed by atoms with van der Waals surface area (Å²) >= 11 is 0. The van der Waals surface area contributed by atoms with Gasteiger partial charge in [0, 0.05) is 5.56 Å². The molecular weight excluding hydrogens is 467 g/mol. The van der Waals surface area contributed by atoms with Crippen molar-refractivity contribution in [3.8, 4) is 22.6 Å². The van der Waals surface area contributed by atoms with E-state index in [0.717, 1.165) is 53.5 Å². The molecule has 2 aliphatic carbocycles. The Bertz CT molecular complexity index is 1420. The Morgan fingerprint density at radius 2 is 1.81 bits per heavy atom. The lowest BCUT2D eigenvalue weighted by molar-refractivity contribution is -0.135. The van der Waals surface area contributed by atoms with Gasteiger partial charge in [-0.05, 0) is 101 Å². The molecule has 0 saturated heterocycles. The van der Waals surface area contributed by atoms with Crippen LogP contribution >= 0.6 is 0 Å². The molecule has 1 saturated carbocycles. The van der Waals surface area contributed by atoms with Crippen LogP contribution in [-0.4, -0.2) is 16.2 Å². The third-order valence-corrected chi connectivity index (χ3v) is 7.30. The minimum atomic E-state index is -0.833. The zero-order valence-corrected chi connectivity index (χ0v) is 21.2. The van der Waals surface area contributed by atoms with Crippen LogP contribution in [0.1, 0.15) is 62.6 Å². The number of halogens is 1. The number of allylic oxidation sites excluding steroid dienone is 3. The number of carboxylic acids is 1. The molecule has 0 spiro atoms. The fraction of sp³-hybridized carbons (Fsp3) is 0.281. The van der Waals surface area contributed by atoms with E-state index in [9.17, 15) is 19.4 Å². The smallest absolute Gasteiger partial charge is 0.307 e. The van der Waals surface area contributed by atoms with Crippen molar-refractivity contribution in [3.05, 3.63) is 94.8 Å². The van der Waals surface area contributed by atoms with E-state index in [1.165, 1.54) is 29.3 Å². The number of carboxylic acid groups (broad SMARTS) is 1. The summed E-state index contributed by atoms with van der Waals surface area (Å²) in [6, 6.07) is 17.6. The van der Waals surface area contributed by atoms with Crippen molar-refractivity contribution in [1.82, 2.24) is 0 Å².